The smallest absolute Gasteiger partial charge is 0.272 e. The molecule has 0 saturated carbocycles. The van der Waals surface area contributed by atoms with Crippen LogP contribution in [0.4, 0.5) is 11.5 Å². The summed E-state index contributed by atoms with van der Waals surface area (Å²) in [5.74, 6) is 1.26. The van der Waals surface area contributed by atoms with E-state index in [2.05, 4.69) is 20.8 Å². The van der Waals surface area contributed by atoms with Gasteiger partial charge in [0.15, 0.2) is 21.3 Å². The van der Waals surface area contributed by atoms with Crippen LogP contribution >= 0.6 is 0 Å². The molecule has 1 fully saturated rings. The number of methoxy groups -OCH3 is 2. The molecular formula is C17H20N4O5S. The number of rotatable bonds is 6. The van der Waals surface area contributed by atoms with E-state index >= 15 is 0 Å². The first kappa shape index (κ1) is 18.9. The Kier molecular flexibility index (Phi) is 5.45. The zero-order valence-electron chi connectivity index (χ0n) is 14.9. The average molecular weight is 392 g/mol. The first-order chi connectivity index (χ1) is 12.9. The molecule has 0 aliphatic carbocycles. The minimum Gasteiger partial charge on any atom is -0.497 e. The summed E-state index contributed by atoms with van der Waals surface area (Å²) in [6, 6.07) is 8.02. The maximum atomic E-state index is 12.2. The lowest BCUT2D eigenvalue weighted by molar-refractivity contribution is 0.0935. The van der Waals surface area contributed by atoms with E-state index in [1.165, 1.54) is 6.07 Å². The number of nitrogens with one attached hydrogen (secondary N) is 2. The third kappa shape index (κ3) is 4.64. The second kappa shape index (κ2) is 7.78. The topological polar surface area (TPSA) is 120 Å². The molecule has 0 bridgehead atoms. The van der Waals surface area contributed by atoms with E-state index < -0.39 is 15.7 Å². The first-order valence-corrected chi connectivity index (χ1v) is 10.1. The van der Waals surface area contributed by atoms with Gasteiger partial charge in [-0.25, -0.2) is 8.42 Å². The molecule has 0 radical (unpaired) electrons. The zero-order valence-corrected chi connectivity index (χ0v) is 15.7. The quantitative estimate of drug-likeness (QED) is 0.751. The van der Waals surface area contributed by atoms with Crippen LogP contribution in [-0.4, -0.2) is 56.3 Å². The van der Waals surface area contributed by atoms with Crippen molar-refractivity contribution in [1.29, 1.82) is 0 Å². The molecule has 1 unspecified atom stereocenters. The predicted octanol–water partition coefficient (Wildman–Crippen LogP) is 1.15. The number of nitrogens with zero attached hydrogens (tertiary/aromatic N) is 2. The van der Waals surface area contributed by atoms with Gasteiger partial charge >= 0.3 is 0 Å². The van der Waals surface area contributed by atoms with Gasteiger partial charge in [-0.15, -0.1) is 10.2 Å². The van der Waals surface area contributed by atoms with Crippen LogP contribution in [0, 0.1) is 0 Å². The van der Waals surface area contributed by atoms with Crippen molar-refractivity contribution < 1.29 is 22.7 Å². The second-order valence-corrected chi connectivity index (χ2v) is 8.30. The minimum atomic E-state index is -3.06. The van der Waals surface area contributed by atoms with E-state index in [0.29, 0.717) is 29.4 Å². The lowest BCUT2D eigenvalue weighted by Gasteiger charge is -2.12. The Morgan fingerprint density at radius 2 is 1.96 bits per heavy atom. The van der Waals surface area contributed by atoms with Gasteiger partial charge < -0.3 is 20.1 Å². The monoisotopic (exact) mass is 392 g/mol. The van der Waals surface area contributed by atoms with E-state index in [9.17, 15) is 13.2 Å². The lowest BCUT2D eigenvalue weighted by Crippen LogP contribution is -2.36. The lowest BCUT2D eigenvalue weighted by atomic mass is 10.2. The Balaban J connectivity index is 1.66. The Morgan fingerprint density at radius 3 is 2.56 bits per heavy atom. The van der Waals surface area contributed by atoms with Crippen molar-refractivity contribution in [3.8, 4) is 11.5 Å². The first-order valence-electron chi connectivity index (χ1n) is 8.24. The number of carbonyl (C=O) groups excluding carboxylic acids is 1. The third-order valence-electron chi connectivity index (χ3n) is 4.14. The van der Waals surface area contributed by atoms with Crippen molar-refractivity contribution in [3.63, 3.8) is 0 Å². The molecule has 1 aromatic carbocycles. The molecule has 10 heteroatoms. The zero-order chi connectivity index (χ0) is 19.4. The molecule has 144 valence electrons. The summed E-state index contributed by atoms with van der Waals surface area (Å²) in [7, 11) is 0.0537. The van der Waals surface area contributed by atoms with Crippen LogP contribution in [0.15, 0.2) is 30.3 Å². The summed E-state index contributed by atoms with van der Waals surface area (Å²) in [4.78, 5) is 12.2. The van der Waals surface area contributed by atoms with Gasteiger partial charge in [-0.1, -0.05) is 0 Å². The van der Waals surface area contributed by atoms with E-state index in [4.69, 9.17) is 9.47 Å². The van der Waals surface area contributed by atoms with Gasteiger partial charge in [0.25, 0.3) is 5.91 Å². The molecule has 0 spiro atoms. The SMILES string of the molecule is COc1ccc(Nc2ccc(C(=O)NC3CCS(=O)(=O)C3)nn2)c(OC)c1. The van der Waals surface area contributed by atoms with Crippen LogP contribution in [0.1, 0.15) is 16.9 Å². The molecule has 2 N–H and O–H groups in total. The number of amides is 1. The van der Waals surface area contributed by atoms with E-state index in [-0.39, 0.29) is 23.2 Å². The molecule has 1 amide bonds. The fourth-order valence-corrected chi connectivity index (χ4v) is 4.40. The largest absolute Gasteiger partial charge is 0.497 e. The summed E-state index contributed by atoms with van der Waals surface area (Å²) in [5, 5.41) is 13.6. The summed E-state index contributed by atoms with van der Waals surface area (Å²) in [6.07, 6.45) is 0.415. The standard InChI is InChI=1S/C17H20N4O5S/c1-25-12-3-4-13(15(9-12)26-2)19-16-6-5-14(20-21-16)17(22)18-11-7-8-27(23,24)10-11/h3-6,9,11H,7-8,10H2,1-2H3,(H,18,22)(H,19,21). The number of sulfone groups is 1. The Hall–Kier alpha value is -2.88. The summed E-state index contributed by atoms with van der Waals surface area (Å²) in [6.45, 7) is 0. The van der Waals surface area contributed by atoms with Crippen LogP contribution in [0.5, 0.6) is 11.5 Å². The van der Waals surface area contributed by atoms with Crippen LogP contribution < -0.4 is 20.1 Å². The van der Waals surface area contributed by atoms with Crippen molar-refractivity contribution in [3.05, 3.63) is 36.0 Å². The normalized spacial score (nSPS) is 17.9. The van der Waals surface area contributed by atoms with Gasteiger partial charge in [-0.05, 0) is 30.7 Å². The minimum absolute atomic E-state index is 0.0386. The van der Waals surface area contributed by atoms with Gasteiger partial charge in [0.1, 0.15) is 11.5 Å². The number of carbonyl (C=O) groups is 1. The van der Waals surface area contributed by atoms with Crippen molar-refractivity contribution >= 4 is 27.2 Å². The van der Waals surface area contributed by atoms with Crippen molar-refractivity contribution in [2.75, 3.05) is 31.0 Å². The highest BCUT2D eigenvalue weighted by atomic mass is 32.2. The maximum Gasteiger partial charge on any atom is 0.272 e. The van der Waals surface area contributed by atoms with Crippen LogP contribution in [0.3, 0.4) is 0 Å². The number of ether oxygens (including phenoxy) is 2. The van der Waals surface area contributed by atoms with Crippen LogP contribution in [0.2, 0.25) is 0 Å². The highest BCUT2D eigenvalue weighted by molar-refractivity contribution is 7.91. The summed E-state index contributed by atoms with van der Waals surface area (Å²) < 4.78 is 33.4. The third-order valence-corrected chi connectivity index (χ3v) is 5.90. The highest BCUT2D eigenvalue weighted by Crippen LogP contribution is 2.30. The molecule has 1 saturated heterocycles. The van der Waals surface area contributed by atoms with Gasteiger partial charge in [0.05, 0.1) is 31.4 Å². The molecule has 1 atom stereocenters. The van der Waals surface area contributed by atoms with Crippen molar-refractivity contribution in [2.45, 2.75) is 12.5 Å². The van der Waals surface area contributed by atoms with Gasteiger partial charge in [0, 0.05) is 12.1 Å². The summed E-state index contributed by atoms with van der Waals surface area (Å²) in [5.41, 5.74) is 0.785. The molecule has 2 heterocycles. The Bertz CT molecular complexity index is 931. The fraction of sp³-hybridized carbons (Fsp3) is 0.353. The van der Waals surface area contributed by atoms with Crippen molar-refractivity contribution in [1.82, 2.24) is 15.5 Å². The molecule has 1 aromatic heterocycles. The Morgan fingerprint density at radius 1 is 1.15 bits per heavy atom. The highest BCUT2D eigenvalue weighted by Gasteiger charge is 2.29. The van der Waals surface area contributed by atoms with Crippen LogP contribution in [0.25, 0.3) is 0 Å². The molecule has 1 aliphatic rings. The van der Waals surface area contributed by atoms with Crippen molar-refractivity contribution in [2.24, 2.45) is 0 Å². The average Bonchev–Trinajstić information content (AvgIpc) is 3.00. The van der Waals surface area contributed by atoms with E-state index in [0.717, 1.165) is 0 Å². The molecule has 9 nitrogen and oxygen atoms in total. The van der Waals surface area contributed by atoms with Gasteiger partial charge in [-0.3, -0.25) is 4.79 Å². The number of hydrogen-bond donors (Lipinski definition) is 2. The van der Waals surface area contributed by atoms with Crippen LogP contribution in [-0.2, 0) is 9.84 Å². The van der Waals surface area contributed by atoms with E-state index in [1.807, 2.05) is 0 Å². The predicted molar refractivity (Wildman–Crippen MR) is 99.4 cm³/mol. The molecule has 2 aromatic rings. The molecular weight excluding hydrogens is 372 g/mol. The Labute approximate surface area is 157 Å². The fourth-order valence-electron chi connectivity index (χ4n) is 2.73. The maximum absolute atomic E-state index is 12.2. The van der Waals surface area contributed by atoms with E-state index in [1.54, 1.807) is 38.5 Å². The summed E-state index contributed by atoms with van der Waals surface area (Å²) >= 11 is 0. The number of benzene rings is 1. The number of aromatic nitrogens is 2. The molecule has 1 aliphatic heterocycles. The molecule has 3 rings (SSSR count). The second-order valence-electron chi connectivity index (χ2n) is 6.07. The number of hydrogen-bond acceptors (Lipinski definition) is 8. The van der Waals surface area contributed by atoms with Gasteiger partial charge in [0.2, 0.25) is 0 Å². The van der Waals surface area contributed by atoms with Gasteiger partial charge in [-0.2, -0.15) is 0 Å². The molecule has 27 heavy (non-hydrogen) atoms. The number of anilines is 2.